The van der Waals surface area contributed by atoms with E-state index in [9.17, 15) is 9.59 Å². The smallest absolute Gasteiger partial charge is 0.275 e. The zero-order chi connectivity index (χ0) is 18.7. The summed E-state index contributed by atoms with van der Waals surface area (Å²) in [5.41, 5.74) is 4.22. The van der Waals surface area contributed by atoms with E-state index in [-0.39, 0.29) is 18.4 Å². The molecular weight excluding hydrogens is 346 g/mol. The van der Waals surface area contributed by atoms with Crippen LogP contribution in [0.2, 0.25) is 0 Å². The Labute approximate surface area is 158 Å². The van der Waals surface area contributed by atoms with E-state index in [1.807, 2.05) is 32.0 Å². The second-order valence-electron chi connectivity index (χ2n) is 6.95. The molecule has 6 heteroatoms. The molecule has 2 amide bonds. The maximum Gasteiger partial charge on any atom is 0.275 e. The summed E-state index contributed by atoms with van der Waals surface area (Å²) >= 11 is 1.80. The van der Waals surface area contributed by atoms with Gasteiger partial charge in [-0.1, -0.05) is 18.2 Å². The summed E-state index contributed by atoms with van der Waals surface area (Å²) in [6.45, 7) is 7.44. The molecule has 2 heterocycles. The largest absolute Gasteiger partial charge is 0.342 e. The number of hydrogen-bond acceptors (Lipinski definition) is 3. The van der Waals surface area contributed by atoms with Crippen LogP contribution < -0.4 is 15.5 Å². The summed E-state index contributed by atoms with van der Waals surface area (Å²) in [7, 11) is 0. The molecule has 26 heavy (non-hydrogen) atoms. The molecule has 2 aromatic rings. The van der Waals surface area contributed by atoms with Gasteiger partial charge in [0.15, 0.2) is 6.54 Å². The van der Waals surface area contributed by atoms with Crippen molar-refractivity contribution in [2.75, 3.05) is 25.0 Å². The third-order valence-corrected chi connectivity index (χ3v) is 6.11. The normalized spacial score (nSPS) is 18.9. The second-order valence-corrected chi connectivity index (χ2v) is 7.95. The summed E-state index contributed by atoms with van der Waals surface area (Å²) in [6, 6.07) is 8.37. The molecule has 0 saturated heterocycles. The lowest BCUT2D eigenvalue weighted by Crippen LogP contribution is -3.14. The molecule has 0 radical (unpaired) electrons. The summed E-state index contributed by atoms with van der Waals surface area (Å²) in [5, 5.41) is 7.78. The Bertz CT molecular complexity index is 795. The van der Waals surface area contributed by atoms with E-state index < -0.39 is 0 Å². The zero-order valence-corrected chi connectivity index (χ0v) is 16.3. The monoisotopic (exact) mass is 372 g/mol. The van der Waals surface area contributed by atoms with E-state index in [4.69, 9.17) is 0 Å². The summed E-state index contributed by atoms with van der Waals surface area (Å²) in [5.74, 6) is -0.278. The number of benzene rings is 1. The van der Waals surface area contributed by atoms with Crippen LogP contribution in [0.5, 0.6) is 0 Å². The first-order valence-electron chi connectivity index (χ1n) is 8.99. The summed E-state index contributed by atoms with van der Waals surface area (Å²) in [4.78, 5) is 27.2. The van der Waals surface area contributed by atoms with Gasteiger partial charge in [0.05, 0.1) is 13.1 Å². The molecule has 0 bridgehead atoms. The second kappa shape index (κ2) is 8.01. The molecule has 3 N–H and O–H groups in total. The van der Waals surface area contributed by atoms with E-state index in [1.54, 1.807) is 11.3 Å². The van der Waals surface area contributed by atoms with Gasteiger partial charge in [-0.25, -0.2) is 0 Å². The maximum absolute atomic E-state index is 12.3. The molecule has 1 aromatic carbocycles. The Morgan fingerprint density at radius 1 is 1.19 bits per heavy atom. The molecule has 0 aliphatic carbocycles. The molecule has 1 aromatic heterocycles. The number of fused-ring (bicyclic) bond motifs is 1. The number of anilines is 1. The van der Waals surface area contributed by atoms with Crippen molar-refractivity contribution < 1.29 is 14.5 Å². The number of carbonyl (C=O) groups excluding carboxylic acids is 2. The lowest BCUT2D eigenvalue weighted by atomic mass is 10.0. The number of aryl methyl sites for hydroxylation is 2. The quantitative estimate of drug-likeness (QED) is 0.747. The number of para-hydroxylation sites is 1. The number of quaternary nitrogens is 1. The number of amides is 2. The Kier molecular flexibility index (Phi) is 5.74. The molecule has 1 unspecified atom stereocenters. The molecular formula is C20H26N3O2S+. The van der Waals surface area contributed by atoms with Gasteiger partial charge in [-0.2, -0.15) is 0 Å². The van der Waals surface area contributed by atoms with Gasteiger partial charge < -0.3 is 15.5 Å². The molecule has 0 saturated carbocycles. The number of hydrogen-bond donors (Lipinski definition) is 3. The lowest BCUT2D eigenvalue weighted by Gasteiger charge is -2.29. The minimum atomic E-state index is -0.197. The van der Waals surface area contributed by atoms with Crippen molar-refractivity contribution in [3.05, 3.63) is 51.2 Å². The Balaban J connectivity index is 1.49. The fraction of sp³-hybridized carbons (Fsp3) is 0.400. The zero-order valence-electron chi connectivity index (χ0n) is 15.5. The van der Waals surface area contributed by atoms with E-state index >= 15 is 0 Å². The molecule has 1 aliphatic heterocycles. The highest BCUT2D eigenvalue weighted by atomic mass is 32.1. The highest BCUT2D eigenvalue weighted by Crippen LogP contribution is 2.24. The number of thiophene rings is 1. The van der Waals surface area contributed by atoms with Gasteiger partial charge in [0.25, 0.3) is 5.91 Å². The predicted molar refractivity (Wildman–Crippen MR) is 105 cm³/mol. The first-order chi connectivity index (χ1) is 12.5. The minimum Gasteiger partial charge on any atom is -0.342 e. The SMILES string of the molecule is Cc1cccc(C)c1NC(=O)CNC(=O)C[NH+]1CCc2sccc2[C@H]1C. The van der Waals surface area contributed by atoms with Crippen LogP contribution >= 0.6 is 11.3 Å². The van der Waals surface area contributed by atoms with Crippen molar-refractivity contribution in [3.8, 4) is 0 Å². The van der Waals surface area contributed by atoms with Crippen LogP contribution in [0, 0.1) is 13.8 Å². The van der Waals surface area contributed by atoms with Crippen molar-refractivity contribution in [3.63, 3.8) is 0 Å². The average molecular weight is 373 g/mol. The van der Waals surface area contributed by atoms with Gasteiger partial charge in [-0.05, 0) is 43.3 Å². The maximum atomic E-state index is 12.3. The van der Waals surface area contributed by atoms with Crippen LogP contribution in [0.1, 0.15) is 34.5 Å². The van der Waals surface area contributed by atoms with E-state index in [1.165, 1.54) is 15.3 Å². The minimum absolute atomic E-state index is 0.00201. The predicted octanol–water partition coefficient (Wildman–Crippen LogP) is 1.62. The number of rotatable bonds is 5. The van der Waals surface area contributed by atoms with Crippen molar-refractivity contribution in [2.24, 2.45) is 0 Å². The van der Waals surface area contributed by atoms with Gasteiger partial charge in [0.2, 0.25) is 5.91 Å². The van der Waals surface area contributed by atoms with Crippen LogP contribution in [-0.4, -0.2) is 31.4 Å². The summed E-state index contributed by atoms with van der Waals surface area (Å²) in [6.07, 6.45) is 1.02. The van der Waals surface area contributed by atoms with Crippen LogP contribution in [0.15, 0.2) is 29.6 Å². The lowest BCUT2D eigenvalue weighted by molar-refractivity contribution is -0.924. The van der Waals surface area contributed by atoms with Crippen molar-refractivity contribution in [1.29, 1.82) is 0 Å². The molecule has 3 rings (SSSR count). The van der Waals surface area contributed by atoms with Gasteiger partial charge in [-0.3, -0.25) is 9.59 Å². The molecule has 138 valence electrons. The molecule has 5 nitrogen and oxygen atoms in total. The van der Waals surface area contributed by atoms with Crippen LogP contribution in [0.25, 0.3) is 0 Å². The average Bonchev–Trinajstić information content (AvgIpc) is 3.08. The van der Waals surface area contributed by atoms with Gasteiger partial charge in [0.1, 0.15) is 6.04 Å². The van der Waals surface area contributed by atoms with E-state index in [0.29, 0.717) is 12.6 Å². The molecule has 0 spiro atoms. The first kappa shape index (κ1) is 18.6. The highest BCUT2D eigenvalue weighted by molar-refractivity contribution is 7.10. The van der Waals surface area contributed by atoms with Crippen LogP contribution in [0.3, 0.4) is 0 Å². The summed E-state index contributed by atoms with van der Waals surface area (Å²) < 4.78 is 0. The van der Waals surface area contributed by atoms with Gasteiger partial charge in [-0.15, -0.1) is 11.3 Å². The highest BCUT2D eigenvalue weighted by Gasteiger charge is 2.29. The number of nitrogens with one attached hydrogen (secondary N) is 3. The van der Waals surface area contributed by atoms with Crippen molar-refractivity contribution in [1.82, 2.24) is 5.32 Å². The molecule has 1 aliphatic rings. The third-order valence-electron chi connectivity index (χ3n) is 5.11. The fourth-order valence-electron chi connectivity index (χ4n) is 3.53. The fourth-order valence-corrected chi connectivity index (χ4v) is 4.51. The van der Waals surface area contributed by atoms with E-state index in [0.717, 1.165) is 29.8 Å². The Morgan fingerprint density at radius 2 is 1.92 bits per heavy atom. The number of carbonyl (C=O) groups is 2. The standard InChI is InChI=1S/C20H25N3O2S/c1-13-5-4-6-14(2)20(13)22-18(24)11-21-19(25)12-23-9-7-17-16(15(23)3)8-10-26-17/h4-6,8,10,15H,7,9,11-12H2,1-3H3,(H,21,25)(H,22,24)/p+1/t15-/m1/s1. The van der Waals surface area contributed by atoms with Crippen molar-refractivity contribution >= 4 is 28.8 Å². The van der Waals surface area contributed by atoms with Gasteiger partial charge >= 0.3 is 0 Å². The molecule has 0 fully saturated rings. The Hall–Kier alpha value is -2.18. The first-order valence-corrected chi connectivity index (χ1v) is 9.87. The Morgan fingerprint density at radius 3 is 2.65 bits per heavy atom. The van der Waals surface area contributed by atoms with Gasteiger partial charge in [0, 0.05) is 22.5 Å². The third kappa shape index (κ3) is 4.14. The topological polar surface area (TPSA) is 62.6 Å². The molecule has 2 atom stereocenters. The van der Waals surface area contributed by atoms with Crippen molar-refractivity contribution in [2.45, 2.75) is 33.2 Å². The van der Waals surface area contributed by atoms with Crippen LogP contribution in [0.4, 0.5) is 5.69 Å². The van der Waals surface area contributed by atoms with E-state index in [2.05, 4.69) is 29.0 Å². The van der Waals surface area contributed by atoms with Crippen LogP contribution in [-0.2, 0) is 16.0 Å².